The predicted octanol–water partition coefficient (Wildman–Crippen LogP) is 2.59. The average Bonchev–Trinajstić information content (AvgIpc) is 3.44. The molecule has 12 nitrogen and oxygen atoms in total. The number of hydrogen-bond acceptors (Lipinski definition) is 10. The first-order valence-electron chi connectivity index (χ1n) is 10.9. The van der Waals surface area contributed by atoms with Gasteiger partial charge in [-0.05, 0) is 72.7 Å². The minimum atomic E-state index is -0.207. The summed E-state index contributed by atoms with van der Waals surface area (Å²) in [5, 5.41) is 32.3. The van der Waals surface area contributed by atoms with Gasteiger partial charge < -0.3 is 9.47 Å². The molecule has 2 heterocycles. The highest BCUT2D eigenvalue weighted by Crippen LogP contribution is 2.29. The van der Waals surface area contributed by atoms with E-state index in [9.17, 15) is 10.1 Å². The Hall–Kier alpha value is -4.79. The van der Waals surface area contributed by atoms with Gasteiger partial charge in [0.05, 0.1) is 25.1 Å². The molecule has 0 fully saturated rings. The van der Waals surface area contributed by atoms with Gasteiger partial charge in [-0.25, -0.2) is 10.1 Å². The standard InChI is InChI=1S/C23H23N9O3/c1-3-35-21-13-16(8-11-20(21)34-2)18-5-4-12-32(29-18)23(33)15-6-9-17(10-7-15)25-26-19(14-24)22-27-30-31-28-22/h6-11,13,25H,3-5,12H2,1-2H3,(H,27,28,30,31). The minimum absolute atomic E-state index is 0.00337. The highest BCUT2D eigenvalue weighted by molar-refractivity contribution is 6.09. The zero-order valence-corrected chi connectivity index (χ0v) is 19.2. The molecule has 0 bridgehead atoms. The lowest BCUT2D eigenvalue weighted by Crippen LogP contribution is -2.32. The topological polar surface area (TPSA) is 154 Å². The van der Waals surface area contributed by atoms with Crippen LogP contribution in [-0.2, 0) is 0 Å². The zero-order valence-electron chi connectivity index (χ0n) is 19.2. The number of anilines is 1. The monoisotopic (exact) mass is 473 g/mol. The molecular weight excluding hydrogens is 450 g/mol. The number of tetrazole rings is 1. The SMILES string of the molecule is CCOc1cc(C2=NN(C(=O)c3ccc(NN=C(C#N)c4nnn[nH]4)cc3)CCC2)ccc1OC. The van der Waals surface area contributed by atoms with Crippen molar-refractivity contribution < 1.29 is 14.3 Å². The number of nitrogens with zero attached hydrogens (tertiary/aromatic N) is 7. The number of nitrogens with one attached hydrogen (secondary N) is 2. The average molecular weight is 473 g/mol. The number of nitriles is 1. The molecular formula is C23H23N9O3. The first-order valence-corrected chi connectivity index (χ1v) is 10.9. The Morgan fingerprint density at radius 2 is 2.09 bits per heavy atom. The van der Waals surface area contributed by atoms with Crippen LogP contribution in [0.4, 0.5) is 5.69 Å². The second-order valence-electron chi connectivity index (χ2n) is 7.39. The molecule has 0 spiro atoms. The van der Waals surface area contributed by atoms with Crippen LogP contribution in [-0.4, -0.2) is 63.2 Å². The molecule has 0 radical (unpaired) electrons. The van der Waals surface area contributed by atoms with E-state index in [1.165, 1.54) is 5.01 Å². The molecule has 1 amide bonds. The largest absolute Gasteiger partial charge is 0.493 e. The van der Waals surface area contributed by atoms with Gasteiger partial charge in [0, 0.05) is 17.7 Å². The first-order chi connectivity index (χ1) is 17.1. The van der Waals surface area contributed by atoms with E-state index >= 15 is 0 Å². The molecule has 35 heavy (non-hydrogen) atoms. The van der Waals surface area contributed by atoms with Crippen LogP contribution in [0.3, 0.4) is 0 Å². The molecule has 0 aliphatic carbocycles. The summed E-state index contributed by atoms with van der Waals surface area (Å²) >= 11 is 0. The number of rotatable bonds is 8. The van der Waals surface area contributed by atoms with Crippen LogP contribution in [0.25, 0.3) is 0 Å². The fraction of sp³-hybridized carbons (Fsp3) is 0.261. The van der Waals surface area contributed by atoms with Gasteiger partial charge in [0.1, 0.15) is 6.07 Å². The number of carbonyl (C=O) groups excluding carboxylic acids is 1. The molecule has 2 aromatic carbocycles. The maximum absolute atomic E-state index is 13.1. The quantitative estimate of drug-likeness (QED) is 0.374. The van der Waals surface area contributed by atoms with E-state index in [-0.39, 0.29) is 17.4 Å². The van der Waals surface area contributed by atoms with Gasteiger partial charge in [-0.3, -0.25) is 10.2 Å². The molecule has 12 heteroatoms. The molecule has 1 aliphatic rings. The summed E-state index contributed by atoms with van der Waals surface area (Å²) in [5.41, 5.74) is 5.53. The smallest absolute Gasteiger partial charge is 0.273 e. The Balaban J connectivity index is 1.48. The maximum Gasteiger partial charge on any atom is 0.273 e. The van der Waals surface area contributed by atoms with E-state index in [2.05, 4.69) is 36.3 Å². The second-order valence-corrected chi connectivity index (χ2v) is 7.39. The van der Waals surface area contributed by atoms with Crippen molar-refractivity contribution in [3.8, 4) is 17.6 Å². The van der Waals surface area contributed by atoms with E-state index in [0.717, 1.165) is 24.1 Å². The van der Waals surface area contributed by atoms with Crippen LogP contribution in [0.2, 0.25) is 0 Å². The van der Waals surface area contributed by atoms with E-state index < -0.39 is 0 Å². The van der Waals surface area contributed by atoms with Crippen molar-refractivity contribution in [3.63, 3.8) is 0 Å². The van der Waals surface area contributed by atoms with E-state index in [4.69, 9.17) is 9.47 Å². The molecule has 3 aromatic rings. The number of benzene rings is 2. The molecule has 178 valence electrons. The summed E-state index contributed by atoms with van der Waals surface area (Å²) in [6, 6.07) is 14.3. The van der Waals surface area contributed by atoms with E-state index in [1.54, 1.807) is 31.4 Å². The Kier molecular flexibility index (Phi) is 7.27. The van der Waals surface area contributed by atoms with Gasteiger partial charge >= 0.3 is 0 Å². The third-order valence-corrected chi connectivity index (χ3v) is 5.16. The van der Waals surface area contributed by atoms with Crippen molar-refractivity contribution in [2.24, 2.45) is 10.2 Å². The third-order valence-electron chi connectivity index (χ3n) is 5.16. The fourth-order valence-corrected chi connectivity index (χ4v) is 3.46. The van der Waals surface area contributed by atoms with Crippen LogP contribution in [0.1, 0.15) is 41.5 Å². The van der Waals surface area contributed by atoms with Crippen LogP contribution < -0.4 is 14.9 Å². The molecule has 0 saturated carbocycles. The minimum Gasteiger partial charge on any atom is -0.493 e. The molecule has 0 saturated heterocycles. The maximum atomic E-state index is 13.1. The normalized spacial score (nSPS) is 13.6. The van der Waals surface area contributed by atoms with Crippen molar-refractivity contribution in [2.75, 3.05) is 25.7 Å². The van der Waals surface area contributed by atoms with E-state index in [0.29, 0.717) is 35.9 Å². The van der Waals surface area contributed by atoms with E-state index in [1.807, 2.05) is 31.2 Å². The highest BCUT2D eigenvalue weighted by atomic mass is 16.5. The molecule has 0 unspecified atom stereocenters. The van der Waals surface area contributed by atoms with Gasteiger partial charge in [0.15, 0.2) is 11.5 Å². The number of aromatic nitrogens is 4. The number of hydrogen-bond donors (Lipinski definition) is 2. The lowest BCUT2D eigenvalue weighted by molar-refractivity contribution is 0.0751. The van der Waals surface area contributed by atoms with Gasteiger partial charge in [0.2, 0.25) is 11.5 Å². The lowest BCUT2D eigenvalue weighted by Gasteiger charge is -2.24. The molecule has 1 aliphatic heterocycles. The molecule has 2 N–H and O–H groups in total. The number of ether oxygens (including phenoxy) is 2. The number of hydrazone groups is 2. The van der Waals surface area contributed by atoms with Gasteiger partial charge in [-0.1, -0.05) is 0 Å². The summed E-state index contributed by atoms with van der Waals surface area (Å²) in [7, 11) is 1.60. The van der Waals surface area contributed by atoms with Gasteiger partial charge in [0.25, 0.3) is 5.91 Å². The predicted molar refractivity (Wildman–Crippen MR) is 127 cm³/mol. The number of H-pyrrole nitrogens is 1. The van der Waals surface area contributed by atoms with Crippen molar-refractivity contribution in [2.45, 2.75) is 19.8 Å². The van der Waals surface area contributed by atoms with Crippen LogP contribution in [0, 0.1) is 11.3 Å². The Morgan fingerprint density at radius 3 is 2.77 bits per heavy atom. The second kappa shape index (κ2) is 10.9. The summed E-state index contributed by atoms with van der Waals surface area (Å²) in [5.74, 6) is 1.23. The van der Waals surface area contributed by atoms with Gasteiger partial charge in [-0.2, -0.15) is 15.5 Å². The van der Waals surface area contributed by atoms with Crippen molar-refractivity contribution in [1.29, 1.82) is 5.26 Å². The number of aromatic amines is 1. The molecule has 1 aromatic heterocycles. The van der Waals surface area contributed by atoms with Crippen LogP contribution in [0.15, 0.2) is 52.7 Å². The zero-order chi connectivity index (χ0) is 24.6. The van der Waals surface area contributed by atoms with Crippen molar-refractivity contribution >= 4 is 23.0 Å². The number of amides is 1. The lowest BCUT2D eigenvalue weighted by atomic mass is 10.0. The summed E-state index contributed by atoms with van der Waals surface area (Å²) in [6.45, 7) is 2.95. The molecule has 0 atom stereocenters. The Bertz CT molecular complexity index is 1280. The van der Waals surface area contributed by atoms with Crippen LogP contribution in [0.5, 0.6) is 11.5 Å². The summed E-state index contributed by atoms with van der Waals surface area (Å²) < 4.78 is 11.0. The van der Waals surface area contributed by atoms with Crippen molar-refractivity contribution in [1.82, 2.24) is 25.6 Å². The fourth-order valence-electron chi connectivity index (χ4n) is 3.46. The molecule has 4 rings (SSSR count). The summed E-state index contributed by atoms with van der Waals surface area (Å²) in [4.78, 5) is 13.1. The number of carbonyl (C=O) groups is 1. The van der Waals surface area contributed by atoms with Gasteiger partial charge in [-0.15, -0.1) is 5.10 Å². The Labute approximate surface area is 201 Å². The Morgan fingerprint density at radius 1 is 1.26 bits per heavy atom. The summed E-state index contributed by atoms with van der Waals surface area (Å²) in [6.07, 6.45) is 1.55. The van der Waals surface area contributed by atoms with Crippen LogP contribution >= 0.6 is 0 Å². The first kappa shape index (κ1) is 23.4. The van der Waals surface area contributed by atoms with Crippen molar-refractivity contribution in [3.05, 3.63) is 59.4 Å². The highest BCUT2D eigenvalue weighted by Gasteiger charge is 2.21. The number of methoxy groups -OCH3 is 1. The third kappa shape index (κ3) is 5.41.